The Morgan fingerprint density at radius 1 is 1.29 bits per heavy atom. The first kappa shape index (κ1) is 16.4. The van der Waals surface area contributed by atoms with E-state index in [1.165, 1.54) is 24.0 Å². The van der Waals surface area contributed by atoms with Gasteiger partial charge in [-0.2, -0.15) is 0 Å². The Morgan fingerprint density at radius 3 is 2.92 bits per heavy atom. The maximum absolute atomic E-state index is 12.4. The predicted molar refractivity (Wildman–Crippen MR) is 99.8 cm³/mol. The van der Waals surface area contributed by atoms with Crippen LogP contribution < -0.4 is 5.32 Å². The number of carbonyl (C=O) groups is 1. The normalized spacial score (nSPS) is 17.5. The van der Waals surface area contributed by atoms with Gasteiger partial charge < -0.3 is 5.32 Å². The molecule has 1 aromatic carbocycles. The molecule has 0 fully saturated rings. The number of hydrogen-bond donors (Lipinski definition) is 1. The number of fused-ring (bicyclic) bond motifs is 1. The van der Waals surface area contributed by atoms with E-state index in [1.807, 2.05) is 30.3 Å². The van der Waals surface area contributed by atoms with Crippen LogP contribution in [0.25, 0.3) is 10.8 Å². The van der Waals surface area contributed by atoms with Crippen LogP contribution in [0.3, 0.4) is 0 Å². The predicted octanol–water partition coefficient (Wildman–Crippen LogP) is 5.26. The summed E-state index contributed by atoms with van der Waals surface area (Å²) in [6, 6.07) is 7.77. The third-order valence-corrected chi connectivity index (χ3v) is 4.88. The Balaban J connectivity index is 1.80. The van der Waals surface area contributed by atoms with Crippen molar-refractivity contribution < 1.29 is 4.79 Å². The maximum atomic E-state index is 12.4. The Kier molecular flexibility index (Phi) is 4.52. The number of amides is 1. The highest BCUT2D eigenvalue weighted by Gasteiger charge is 2.26. The zero-order valence-electron chi connectivity index (χ0n) is 14.6. The van der Waals surface area contributed by atoms with Gasteiger partial charge >= 0.3 is 0 Å². The smallest absolute Gasteiger partial charge is 0.248 e. The fourth-order valence-corrected chi connectivity index (χ4v) is 3.58. The number of benzene rings is 1. The Hall–Kier alpha value is -2.42. The number of anilines is 1. The first-order chi connectivity index (χ1) is 11.5. The standard InChI is InChI=1S/C21H24N2O/c1-15-6-5-12-21(2,3)18(15)9-10-20(24)23-19-8-4-7-16-14-22-13-11-17(16)19/h4,7-11,13-14H,5-6,12H2,1-3H3,(H,23,24)/b10-9+. The molecule has 0 saturated carbocycles. The number of carbonyl (C=O) groups excluding carboxylic acids is 1. The average Bonchev–Trinajstić information content (AvgIpc) is 2.54. The highest BCUT2D eigenvalue weighted by Crippen LogP contribution is 2.40. The van der Waals surface area contributed by atoms with Crippen molar-refractivity contribution in [3.8, 4) is 0 Å². The van der Waals surface area contributed by atoms with Crippen LogP contribution in [0.15, 0.2) is 60.0 Å². The van der Waals surface area contributed by atoms with Gasteiger partial charge in [0.25, 0.3) is 0 Å². The van der Waals surface area contributed by atoms with Crippen LogP contribution in [0.2, 0.25) is 0 Å². The van der Waals surface area contributed by atoms with Crippen molar-refractivity contribution in [3.05, 3.63) is 60.0 Å². The van der Waals surface area contributed by atoms with Gasteiger partial charge in [-0.25, -0.2) is 0 Å². The molecular formula is C21H24N2O. The van der Waals surface area contributed by atoms with Crippen molar-refractivity contribution >= 4 is 22.4 Å². The molecule has 24 heavy (non-hydrogen) atoms. The van der Waals surface area contributed by atoms with E-state index in [-0.39, 0.29) is 11.3 Å². The summed E-state index contributed by atoms with van der Waals surface area (Å²) >= 11 is 0. The van der Waals surface area contributed by atoms with Gasteiger partial charge in [-0.05, 0) is 49.3 Å². The van der Waals surface area contributed by atoms with E-state index >= 15 is 0 Å². The van der Waals surface area contributed by atoms with Gasteiger partial charge in [-0.15, -0.1) is 0 Å². The van der Waals surface area contributed by atoms with Crippen molar-refractivity contribution in [1.82, 2.24) is 4.98 Å². The fraction of sp³-hybridized carbons (Fsp3) is 0.333. The molecule has 2 aromatic rings. The molecule has 1 heterocycles. The second kappa shape index (κ2) is 6.60. The lowest BCUT2D eigenvalue weighted by molar-refractivity contribution is -0.111. The van der Waals surface area contributed by atoms with Crippen LogP contribution in [-0.4, -0.2) is 10.9 Å². The van der Waals surface area contributed by atoms with Gasteiger partial charge in [0.2, 0.25) is 5.91 Å². The molecule has 0 radical (unpaired) electrons. The molecule has 1 aliphatic rings. The lowest BCUT2D eigenvalue weighted by Gasteiger charge is -2.32. The number of pyridine rings is 1. The van der Waals surface area contributed by atoms with E-state index in [2.05, 4.69) is 31.1 Å². The zero-order chi connectivity index (χ0) is 17.2. The van der Waals surface area contributed by atoms with Gasteiger partial charge in [-0.1, -0.05) is 37.6 Å². The summed E-state index contributed by atoms with van der Waals surface area (Å²) < 4.78 is 0. The third kappa shape index (κ3) is 3.40. The summed E-state index contributed by atoms with van der Waals surface area (Å²) in [6.45, 7) is 6.69. The molecule has 1 N–H and O–H groups in total. The number of hydrogen-bond acceptors (Lipinski definition) is 2. The molecule has 3 rings (SSSR count). The summed E-state index contributed by atoms with van der Waals surface area (Å²) in [5.74, 6) is -0.0963. The quantitative estimate of drug-likeness (QED) is 0.784. The van der Waals surface area contributed by atoms with Crippen LogP contribution in [0.4, 0.5) is 5.69 Å². The van der Waals surface area contributed by atoms with Crippen LogP contribution in [-0.2, 0) is 4.79 Å². The number of rotatable bonds is 3. The molecule has 0 saturated heterocycles. The molecule has 1 aliphatic carbocycles. The summed E-state index contributed by atoms with van der Waals surface area (Å²) in [5, 5.41) is 5.01. The van der Waals surface area contributed by atoms with Crippen LogP contribution in [0.1, 0.15) is 40.0 Å². The van der Waals surface area contributed by atoms with Crippen molar-refractivity contribution in [2.75, 3.05) is 5.32 Å². The lowest BCUT2D eigenvalue weighted by atomic mass is 9.72. The van der Waals surface area contributed by atoms with Crippen LogP contribution in [0, 0.1) is 5.41 Å². The highest BCUT2D eigenvalue weighted by molar-refractivity contribution is 6.06. The monoisotopic (exact) mass is 320 g/mol. The summed E-state index contributed by atoms with van der Waals surface area (Å²) in [5.41, 5.74) is 3.65. The molecule has 1 amide bonds. The summed E-state index contributed by atoms with van der Waals surface area (Å²) in [7, 11) is 0. The Labute approximate surface area is 143 Å². The first-order valence-electron chi connectivity index (χ1n) is 8.49. The van der Waals surface area contributed by atoms with Crippen LogP contribution in [0.5, 0.6) is 0 Å². The minimum Gasteiger partial charge on any atom is -0.322 e. The van der Waals surface area contributed by atoms with Gasteiger partial charge in [-0.3, -0.25) is 9.78 Å². The second-order valence-electron chi connectivity index (χ2n) is 7.16. The maximum Gasteiger partial charge on any atom is 0.248 e. The van der Waals surface area contributed by atoms with Crippen molar-refractivity contribution in [2.24, 2.45) is 5.41 Å². The average molecular weight is 320 g/mol. The molecular weight excluding hydrogens is 296 g/mol. The van der Waals surface area contributed by atoms with Gasteiger partial charge in [0.15, 0.2) is 0 Å². The zero-order valence-corrected chi connectivity index (χ0v) is 14.6. The van der Waals surface area contributed by atoms with Crippen molar-refractivity contribution in [3.63, 3.8) is 0 Å². The second-order valence-corrected chi connectivity index (χ2v) is 7.16. The molecule has 3 nitrogen and oxygen atoms in total. The van der Waals surface area contributed by atoms with E-state index in [0.29, 0.717) is 0 Å². The van der Waals surface area contributed by atoms with E-state index in [1.54, 1.807) is 18.5 Å². The molecule has 124 valence electrons. The minimum atomic E-state index is -0.0963. The van der Waals surface area contributed by atoms with Gasteiger partial charge in [0, 0.05) is 34.9 Å². The lowest BCUT2D eigenvalue weighted by Crippen LogP contribution is -2.19. The minimum absolute atomic E-state index is 0.0963. The van der Waals surface area contributed by atoms with Gasteiger partial charge in [0.1, 0.15) is 0 Å². The number of nitrogens with one attached hydrogen (secondary N) is 1. The highest BCUT2D eigenvalue weighted by atomic mass is 16.1. The first-order valence-corrected chi connectivity index (χ1v) is 8.49. The van der Waals surface area contributed by atoms with E-state index < -0.39 is 0 Å². The van der Waals surface area contributed by atoms with Gasteiger partial charge in [0.05, 0.1) is 0 Å². The molecule has 0 bridgehead atoms. The summed E-state index contributed by atoms with van der Waals surface area (Å²) in [4.78, 5) is 16.5. The molecule has 0 unspecified atom stereocenters. The molecule has 1 aromatic heterocycles. The van der Waals surface area contributed by atoms with E-state index in [0.717, 1.165) is 22.9 Å². The molecule has 3 heteroatoms. The Bertz CT molecular complexity index is 825. The number of nitrogens with zero attached hydrogens (tertiary/aromatic N) is 1. The van der Waals surface area contributed by atoms with Crippen molar-refractivity contribution in [1.29, 1.82) is 0 Å². The van der Waals surface area contributed by atoms with Crippen LogP contribution >= 0.6 is 0 Å². The van der Waals surface area contributed by atoms with Crippen molar-refractivity contribution in [2.45, 2.75) is 40.0 Å². The topological polar surface area (TPSA) is 42.0 Å². The van der Waals surface area contributed by atoms with E-state index in [4.69, 9.17) is 0 Å². The summed E-state index contributed by atoms with van der Waals surface area (Å²) in [6.07, 6.45) is 10.7. The number of aromatic nitrogens is 1. The fourth-order valence-electron chi connectivity index (χ4n) is 3.58. The third-order valence-electron chi connectivity index (χ3n) is 4.88. The molecule has 0 atom stereocenters. The number of allylic oxidation sites excluding steroid dienone is 3. The Morgan fingerprint density at radius 2 is 2.12 bits per heavy atom. The van der Waals surface area contributed by atoms with E-state index in [9.17, 15) is 4.79 Å². The SMILES string of the molecule is CC1=C(/C=C/C(=O)Nc2cccc3cnccc23)C(C)(C)CCC1. The molecule has 0 spiro atoms. The molecule has 0 aliphatic heterocycles. The largest absolute Gasteiger partial charge is 0.322 e.